The fourth-order valence-corrected chi connectivity index (χ4v) is 2.66. The van der Waals surface area contributed by atoms with E-state index in [0.29, 0.717) is 6.54 Å². The standard InChI is InChI=1S/C20H25N3O2/c1-14-12-18(10-11-19(14)22-16(3)24)21-15(2)20(25)23(4)13-17-8-6-5-7-9-17/h5-12,15,21H,13H2,1-4H3,(H,22,24). The second kappa shape index (κ2) is 8.33. The van der Waals surface area contributed by atoms with Crippen LogP contribution >= 0.6 is 0 Å². The molecule has 0 saturated heterocycles. The molecule has 0 aliphatic carbocycles. The van der Waals surface area contributed by atoms with E-state index in [1.807, 2.05) is 62.4 Å². The third-order valence-corrected chi connectivity index (χ3v) is 3.93. The Morgan fingerprint density at radius 2 is 1.80 bits per heavy atom. The Morgan fingerprint density at radius 1 is 1.12 bits per heavy atom. The Hall–Kier alpha value is -2.82. The van der Waals surface area contributed by atoms with Gasteiger partial charge in [0.2, 0.25) is 11.8 Å². The van der Waals surface area contributed by atoms with E-state index in [-0.39, 0.29) is 17.9 Å². The van der Waals surface area contributed by atoms with E-state index in [4.69, 9.17) is 0 Å². The van der Waals surface area contributed by atoms with Gasteiger partial charge in [0, 0.05) is 31.9 Å². The van der Waals surface area contributed by atoms with Crippen LogP contribution in [0.2, 0.25) is 0 Å². The van der Waals surface area contributed by atoms with Crippen molar-refractivity contribution in [3.8, 4) is 0 Å². The van der Waals surface area contributed by atoms with Crippen LogP contribution in [-0.2, 0) is 16.1 Å². The van der Waals surface area contributed by atoms with Gasteiger partial charge in [-0.1, -0.05) is 30.3 Å². The molecule has 5 heteroatoms. The van der Waals surface area contributed by atoms with E-state index in [0.717, 1.165) is 22.5 Å². The first-order chi connectivity index (χ1) is 11.9. The van der Waals surface area contributed by atoms with Crippen molar-refractivity contribution in [3.63, 3.8) is 0 Å². The van der Waals surface area contributed by atoms with E-state index < -0.39 is 0 Å². The summed E-state index contributed by atoms with van der Waals surface area (Å²) in [6.07, 6.45) is 0. The number of amides is 2. The maximum absolute atomic E-state index is 12.6. The monoisotopic (exact) mass is 339 g/mol. The van der Waals surface area contributed by atoms with Crippen molar-refractivity contribution in [1.29, 1.82) is 0 Å². The minimum Gasteiger partial charge on any atom is -0.374 e. The van der Waals surface area contributed by atoms with Crippen LogP contribution in [-0.4, -0.2) is 29.8 Å². The van der Waals surface area contributed by atoms with Gasteiger partial charge in [0.15, 0.2) is 0 Å². The second-order valence-electron chi connectivity index (χ2n) is 6.26. The number of benzene rings is 2. The highest BCUT2D eigenvalue weighted by atomic mass is 16.2. The highest BCUT2D eigenvalue weighted by Crippen LogP contribution is 2.20. The molecule has 5 nitrogen and oxygen atoms in total. The number of carbonyl (C=O) groups is 2. The SMILES string of the molecule is CC(=O)Nc1ccc(NC(C)C(=O)N(C)Cc2ccccc2)cc1C. The molecular weight excluding hydrogens is 314 g/mol. The number of carbonyl (C=O) groups excluding carboxylic acids is 2. The summed E-state index contributed by atoms with van der Waals surface area (Å²) in [6.45, 7) is 5.83. The molecular formula is C20H25N3O2. The van der Waals surface area contributed by atoms with Crippen LogP contribution in [0.3, 0.4) is 0 Å². The predicted octanol–water partition coefficient (Wildman–Crippen LogP) is 3.41. The van der Waals surface area contributed by atoms with Crippen LogP contribution in [0.4, 0.5) is 11.4 Å². The maximum Gasteiger partial charge on any atom is 0.244 e. The van der Waals surface area contributed by atoms with Crippen molar-refractivity contribution >= 4 is 23.2 Å². The number of anilines is 2. The summed E-state index contributed by atoms with van der Waals surface area (Å²) in [6, 6.07) is 15.2. The van der Waals surface area contributed by atoms with Crippen molar-refractivity contribution in [3.05, 3.63) is 59.7 Å². The molecule has 0 heterocycles. The van der Waals surface area contributed by atoms with Crippen LogP contribution in [0.5, 0.6) is 0 Å². The molecule has 2 aromatic rings. The third kappa shape index (κ3) is 5.35. The summed E-state index contributed by atoms with van der Waals surface area (Å²) in [7, 11) is 1.80. The number of nitrogens with zero attached hydrogens (tertiary/aromatic N) is 1. The molecule has 2 N–H and O–H groups in total. The molecule has 0 aromatic heterocycles. The zero-order valence-electron chi connectivity index (χ0n) is 15.2. The summed E-state index contributed by atoms with van der Waals surface area (Å²) >= 11 is 0. The van der Waals surface area contributed by atoms with Gasteiger partial charge >= 0.3 is 0 Å². The molecule has 25 heavy (non-hydrogen) atoms. The van der Waals surface area contributed by atoms with Gasteiger partial charge in [0.1, 0.15) is 6.04 Å². The Balaban J connectivity index is 1.98. The molecule has 0 aliphatic rings. The van der Waals surface area contributed by atoms with Crippen LogP contribution in [0.1, 0.15) is 25.0 Å². The molecule has 0 spiro atoms. The molecule has 0 bridgehead atoms. The van der Waals surface area contributed by atoms with Crippen molar-refractivity contribution in [2.75, 3.05) is 17.7 Å². The normalized spacial score (nSPS) is 11.5. The van der Waals surface area contributed by atoms with Crippen molar-refractivity contribution in [1.82, 2.24) is 4.90 Å². The Bertz CT molecular complexity index is 744. The van der Waals surface area contributed by atoms with Crippen LogP contribution in [0.25, 0.3) is 0 Å². The van der Waals surface area contributed by atoms with E-state index in [2.05, 4.69) is 10.6 Å². The number of likely N-dealkylation sites (N-methyl/N-ethyl adjacent to an activating group) is 1. The zero-order valence-corrected chi connectivity index (χ0v) is 15.2. The van der Waals surface area contributed by atoms with E-state index in [9.17, 15) is 9.59 Å². The molecule has 0 saturated carbocycles. The molecule has 2 amide bonds. The predicted molar refractivity (Wildman–Crippen MR) is 101 cm³/mol. The second-order valence-corrected chi connectivity index (χ2v) is 6.26. The molecule has 1 atom stereocenters. The number of aryl methyl sites for hydroxylation is 1. The number of hydrogen-bond donors (Lipinski definition) is 2. The lowest BCUT2D eigenvalue weighted by Crippen LogP contribution is -2.38. The van der Waals surface area contributed by atoms with Crippen LogP contribution in [0.15, 0.2) is 48.5 Å². The van der Waals surface area contributed by atoms with Gasteiger partial charge < -0.3 is 15.5 Å². The Kier molecular flexibility index (Phi) is 6.17. The van der Waals surface area contributed by atoms with Crippen LogP contribution < -0.4 is 10.6 Å². The van der Waals surface area contributed by atoms with Crippen molar-refractivity contribution in [2.24, 2.45) is 0 Å². The Labute approximate surface area is 149 Å². The topological polar surface area (TPSA) is 61.4 Å². The van der Waals surface area contributed by atoms with Crippen molar-refractivity contribution < 1.29 is 9.59 Å². The van der Waals surface area contributed by atoms with E-state index in [1.54, 1.807) is 11.9 Å². The molecule has 0 fully saturated rings. The summed E-state index contributed by atoms with van der Waals surface area (Å²) in [5.74, 6) is -0.0812. The van der Waals surface area contributed by atoms with Crippen LogP contribution in [0, 0.1) is 6.92 Å². The van der Waals surface area contributed by atoms with Gasteiger partial charge in [-0.15, -0.1) is 0 Å². The first-order valence-electron chi connectivity index (χ1n) is 8.30. The number of nitrogens with one attached hydrogen (secondary N) is 2. The Morgan fingerprint density at radius 3 is 2.40 bits per heavy atom. The van der Waals surface area contributed by atoms with Gasteiger partial charge in [-0.2, -0.15) is 0 Å². The zero-order chi connectivity index (χ0) is 18.4. The maximum atomic E-state index is 12.6. The van der Waals surface area contributed by atoms with Gasteiger partial charge in [-0.3, -0.25) is 9.59 Å². The summed E-state index contributed by atoms with van der Waals surface area (Å²) in [5.41, 5.74) is 3.66. The quantitative estimate of drug-likeness (QED) is 0.848. The summed E-state index contributed by atoms with van der Waals surface area (Å²) < 4.78 is 0. The van der Waals surface area contributed by atoms with E-state index >= 15 is 0 Å². The fraction of sp³-hybridized carbons (Fsp3) is 0.300. The summed E-state index contributed by atoms with van der Waals surface area (Å²) in [5, 5.41) is 6.01. The minimum atomic E-state index is -0.347. The van der Waals surface area contributed by atoms with Gasteiger partial charge in [-0.05, 0) is 43.2 Å². The first kappa shape index (κ1) is 18.5. The van der Waals surface area contributed by atoms with Gasteiger partial charge in [0.05, 0.1) is 0 Å². The molecule has 2 rings (SSSR count). The fourth-order valence-electron chi connectivity index (χ4n) is 2.66. The smallest absolute Gasteiger partial charge is 0.244 e. The number of hydrogen-bond acceptors (Lipinski definition) is 3. The lowest BCUT2D eigenvalue weighted by atomic mass is 10.1. The third-order valence-electron chi connectivity index (χ3n) is 3.93. The highest BCUT2D eigenvalue weighted by molar-refractivity contribution is 5.90. The molecule has 0 radical (unpaired) electrons. The van der Waals surface area contributed by atoms with Crippen molar-refractivity contribution in [2.45, 2.75) is 33.4 Å². The number of rotatable bonds is 6. The lowest BCUT2D eigenvalue weighted by molar-refractivity contribution is -0.130. The summed E-state index contributed by atoms with van der Waals surface area (Å²) in [4.78, 5) is 25.4. The lowest BCUT2D eigenvalue weighted by Gasteiger charge is -2.23. The molecule has 0 aliphatic heterocycles. The highest BCUT2D eigenvalue weighted by Gasteiger charge is 2.17. The molecule has 2 aromatic carbocycles. The average Bonchev–Trinajstić information content (AvgIpc) is 2.57. The van der Waals surface area contributed by atoms with Gasteiger partial charge in [0.25, 0.3) is 0 Å². The molecule has 132 valence electrons. The average molecular weight is 339 g/mol. The largest absolute Gasteiger partial charge is 0.374 e. The van der Waals surface area contributed by atoms with Gasteiger partial charge in [-0.25, -0.2) is 0 Å². The first-order valence-corrected chi connectivity index (χ1v) is 8.30. The van der Waals surface area contributed by atoms with E-state index in [1.165, 1.54) is 6.92 Å². The molecule has 1 unspecified atom stereocenters. The minimum absolute atomic E-state index is 0.0208.